The highest BCUT2D eigenvalue weighted by Gasteiger charge is 2.17. The molecule has 0 bridgehead atoms. The number of ketones is 1. The summed E-state index contributed by atoms with van der Waals surface area (Å²) in [7, 11) is 1.46. The lowest BCUT2D eigenvalue weighted by Gasteiger charge is -1.99. The second-order valence-corrected chi connectivity index (χ2v) is 4.02. The molecule has 0 fully saturated rings. The largest absolute Gasteiger partial charge is 0.477 e. The van der Waals surface area contributed by atoms with Crippen LogP contribution in [0.25, 0.3) is 0 Å². The molecule has 2 aromatic rings. The van der Waals surface area contributed by atoms with Gasteiger partial charge in [0.1, 0.15) is 17.3 Å². The molecule has 0 atom stereocenters. The highest BCUT2D eigenvalue weighted by Crippen LogP contribution is 2.15. The number of aromatic nitrogens is 1. The summed E-state index contributed by atoms with van der Waals surface area (Å²) in [5, 5.41) is 8.87. The van der Waals surface area contributed by atoms with E-state index >= 15 is 0 Å². The molecule has 0 amide bonds. The van der Waals surface area contributed by atoms with E-state index in [9.17, 15) is 18.4 Å². The number of aromatic carboxylic acids is 1. The molecule has 0 aliphatic carbocycles. The van der Waals surface area contributed by atoms with Gasteiger partial charge < -0.3 is 9.67 Å². The zero-order chi connectivity index (χ0) is 14.2. The molecule has 1 heterocycles. The first-order valence-electron chi connectivity index (χ1n) is 5.29. The van der Waals surface area contributed by atoms with Gasteiger partial charge in [-0.2, -0.15) is 0 Å². The van der Waals surface area contributed by atoms with Crippen LogP contribution in [0.4, 0.5) is 8.78 Å². The number of carboxylic acid groups (broad SMARTS) is 1. The second kappa shape index (κ2) is 4.64. The minimum absolute atomic E-state index is 0.0601. The first-order valence-corrected chi connectivity index (χ1v) is 5.29. The van der Waals surface area contributed by atoms with Gasteiger partial charge in [0.25, 0.3) is 0 Å². The molecule has 0 spiro atoms. The first-order chi connectivity index (χ1) is 8.88. The Morgan fingerprint density at radius 1 is 1.05 bits per heavy atom. The van der Waals surface area contributed by atoms with Crippen LogP contribution in [0.2, 0.25) is 0 Å². The van der Waals surface area contributed by atoms with Crippen molar-refractivity contribution in [3.8, 4) is 0 Å². The van der Waals surface area contributed by atoms with Crippen LogP contribution in [-0.4, -0.2) is 21.4 Å². The lowest BCUT2D eigenvalue weighted by atomic mass is 10.1. The summed E-state index contributed by atoms with van der Waals surface area (Å²) in [6, 6.07) is 3.62. The van der Waals surface area contributed by atoms with Crippen molar-refractivity contribution in [2.45, 2.75) is 0 Å². The van der Waals surface area contributed by atoms with Crippen molar-refractivity contribution in [3.05, 3.63) is 58.9 Å². The number of aryl methyl sites for hydroxylation is 1. The van der Waals surface area contributed by atoms with E-state index in [1.165, 1.54) is 17.8 Å². The normalized spacial score (nSPS) is 10.5. The highest BCUT2D eigenvalue weighted by molar-refractivity contribution is 6.09. The van der Waals surface area contributed by atoms with E-state index in [1.54, 1.807) is 0 Å². The van der Waals surface area contributed by atoms with Crippen LogP contribution in [0, 0.1) is 11.6 Å². The highest BCUT2D eigenvalue weighted by atomic mass is 19.1. The molecule has 98 valence electrons. The van der Waals surface area contributed by atoms with Crippen LogP contribution in [0.1, 0.15) is 26.4 Å². The van der Waals surface area contributed by atoms with Gasteiger partial charge in [0.05, 0.1) is 0 Å². The number of hydrogen-bond donors (Lipinski definition) is 1. The third-order valence-corrected chi connectivity index (χ3v) is 2.61. The summed E-state index contributed by atoms with van der Waals surface area (Å²) in [5.41, 5.74) is -0.190. The van der Waals surface area contributed by atoms with Crippen molar-refractivity contribution >= 4 is 11.8 Å². The van der Waals surface area contributed by atoms with Crippen molar-refractivity contribution in [2.75, 3.05) is 0 Å². The number of hydrogen-bond acceptors (Lipinski definition) is 2. The third kappa shape index (κ3) is 2.52. The van der Waals surface area contributed by atoms with E-state index in [-0.39, 0.29) is 16.8 Å². The number of carboxylic acids is 1. The molecule has 1 aromatic heterocycles. The second-order valence-electron chi connectivity index (χ2n) is 4.02. The molecule has 0 unspecified atom stereocenters. The van der Waals surface area contributed by atoms with Gasteiger partial charge in [0.15, 0.2) is 5.78 Å². The minimum atomic E-state index is -1.19. The molecule has 0 aliphatic heterocycles. The number of carbonyl (C=O) groups excluding carboxylic acids is 1. The van der Waals surface area contributed by atoms with Crippen LogP contribution < -0.4 is 0 Å². The standard InChI is InChI=1S/C13H9F2NO3/c1-16-6-8(4-11(16)13(18)19)12(17)7-2-9(14)5-10(15)3-7/h2-6H,1H3,(H,18,19). The molecule has 1 N–H and O–H groups in total. The summed E-state index contributed by atoms with van der Waals surface area (Å²) >= 11 is 0. The lowest BCUT2D eigenvalue weighted by molar-refractivity contribution is 0.0686. The van der Waals surface area contributed by atoms with Crippen molar-refractivity contribution in [1.29, 1.82) is 0 Å². The van der Waals surface area contributed by atoms with Crippen LogP contribution in [0.5, 0.6) is 0 Å². The van der Waals surface area contributed by atoms with Crippen molar-refractivity contribution in [3.63, 3.8) is 0 Å². The fourth-order valence-electron chi connectivity index (χ4n) is 1.75. The fourth-order valence-corrected chi connectivity index (χ4v) is 1.75. The smallest absolute Gasteiger partial charge is 0.352 e. The van der Waals surface area contributed by atoms with Gasteiger partial charge in [0, 0.05) is 30.4 Å². The number of carbonyl (C=O) groups is 2. The number of halogens is 2. The van der Waals surface area contributed by atoms with Crippen LogP contribution in [0.15, 0.2) is 30.5 Å². The van der Waals surface area contributed by atoms with E-state index in [0.717, 1.165) is 18.2 Å². The van der Waals surface area contributed by atoms with Gasteiger partial charge in [-0.1, -0.05) is 0 Å². The summed E-state index contributed by atoms with van der Waals surface area (Å²) in [4.78, 5) is 22.8. The van der Waals surface area contributed by atoms with E-state index in [0.29, 0.717) is 6.07 Å². The molecule has 6 heteroatoms. The van der Waals surface area contributed by atoms with Gasteiger partial charge in [-0.05, 0) is 18.2 Å². The van der Waals surface area contributed by atoms with E-state index in [2.05, 4.69) is 0 Å². The Kier molecular flexibility index (Phi) is 3.16. The lowest BCUT2D eigenvalue weighted by Crippen LogP contribution is -2.02. The summed E-state index contributed by atoms with van der Waals surface area (Å²) < 4.78 is 27.3. The first kappa shape index (κ1) is 12.9. The third-order valence-electron chi connectivity index (χ3n) is 2.61. The molecule has 0 saturated carbocycles. The number of rotatable bonds is 3. The minimum Gasteiger partial charge on any atom is -0.477 e. The summed E-state index contributed by atoms with van der Waals surface area (Å²) in [6.07, 6.45) is 1.30. The molecular weight excluding hydrogens is 256 g/mol. The zero-order valence-electron chi connectivity index (χ0n) is 9.85. The Hall–Kier alpha value is -2.50. The van der Waals surface area contributed by atoms with Crippen LogP contribution >= 0.6 is 0 Å². The molecule has 0 radical (unpaired) electrons. The van der Waals surface area contributed by atoms with Gasteiger partial charge in [-0.3, -0.25) is 4.79 Å². The van der Waals surface area contributed by atoms with E-state index in [1.807, 2.05) is 0 Å². The topological polar surface area (TPSA) is 59.3 Å². The predicted octanol–water partition coefficient (Wildman–Crippen LogP) is 2.23. The Morgan fingerprint density at radius 3 is 2.11 bits per heavy atom. The molecule has 19 heavy (non-hydrogen) atoms. The van der Waals surface area contributed by atoms with Crippen molar-refractivity contribution in [2.24, 2.45) is 7.05 Å². The van der Waals surface area contributed by atoms with Crippen LogP contribution in [0.3, 0.4) is 0 Å². The maximum absolute atomic E-state index is 13.0. The Balaban J connectivity index is 2.44. The Bertz CT molecular complexity index is 656. The van der Waals surface area contributed by atoms with E-state index < -0.39 is 23.4 Å². The van der Waals surface area contributed by atoms with Gasteiger partial charge in [0.2, 0.25) is 0 Å². The van der Waals surface area contributed by atoms with Crippen molar-refractivity contribution < 1.29 is 23.5 Å². The zero-order valence-corrected chi connectivity index (χ0v) is 9.85. The fraction of sp³-hybridized carbons (Fsp3) is 0.0769. The number of benzene rings is 1. The molecular formula is C13H9F2NO3. The molecule has 0 saturated heterocycles. The Morgan fingerprint density at radius 2 is 1.63 bits per heavy atom. The predicted molar refractivity (Wildman–Crippen MR) is 62.2 cm³/mol. The molecule has 1 aromatic carbocycles. The summed E-state index contributed by atoms with van der Waals surface area (Å²) in [5.74, 6) is -3.55. The maximum Gasteiger partial charge on any atom is 0.352 e. The van der Waals surface area contributed by atoms with Gasteiger partial charge in [-0.25, -0.2) is 13.6 Å². The number of nitrogens with zero attached hydrogens (tertiary/aromatic N) is 1. The molecule has 4 nitrogen and oxygen atoms in total. The quantitative estimate of drug-likeness (QED) is 0.866. The Labute approximate surface area is 106 Å². The monoisotopic (exact) mass is 265 g/mol. The maximum atomic E-state index is 13.0. The average molecular weight is 265 g/mol. The van der Waals surface area contributed by atoms with Gasteiger partial charge >= 0.3 is 5.97 Å². The van der Waals surface area contributed by atoms with E-state index in [4.69, 9.17) is 5.11 Å². The van der Waals surface area contributed by atoms with Gasteiger partial charge in [-0.15, -0.1) is 0 Å². The van der Waals surface area contributed by atoms with Crippen LogP contribution in [-0.2, 0) is 7.05 Å². The van der Waals surface area contributed by atoms with Crippen molar-refractivity contribution in [1.82, 2.24) is 4.57 Å². The molecule has 0 aliphatic rings. The molecule has 2 rings (SSSR count). The SMILES string of the molecule is Cn1cc(C(=O)c2cc(F)cc(F)c2)cc1C(=O)O. The average Bonchev–Trinajstić information content (AvgIpc) is 2.69. The summed E-state index contributed by atoms with van der Waals surface area (Å²) in [6.45, 7) is 0.